The molecule has 1 saturated heterocycles. The number of carbonyl (C=O) groups is 3. The zero-order valence-electron chi connectivity index (χ0n) is 16.5. The predicted octanol–water partition coefficient (Wildman–Crippen LogP) is 3.35. The number of H-pyrrole nitrogens is 1. The van der Waals surface area contributed by atoms with Crippen molar-refractivity contribution in [1.29, 1.82) is 0 Å². The van der Waals surface area contributed by atoms with Gasteiger partial charge in [-0.05, 0) is 55.0 Å². The molecule has 30 heavy (non-hydrogen) atoms. The molecule has 3 aromatic rings. The van der Waals surface area contributed by atoms with Crippen molar-refractivity contribution in [3.63, 3.8) is 0 Å². The number of nitrogens with zero attached hydrogens (tertiary/aromatic N) is 1. The summed E-state index contributed by atoms with van der Waals surface area (Å²) in [6.45, 7) is 0.201. The Bertz CT molecular complexity index is 1160. The third kappa shape index (κ3) is 3.22. The van der Waals surface area contributed by atoms with Gasteiger partial charge >= 0.3 is 6.03 Å². The molecule has 2 aliphatic rings. The quantitative estimate of drug-likeness (QED) is 0.584. The van der Waals surface area contributed by atoms with Gasteiger partial charge in [0.1, 0.15) is 0 Å². The molecule has 7 nitrogen and oxygen atoms in total. The summed E-state index contributed by atoms with van der Waals surface area (Å²) in [7, 11) is 0. The van der Waals surface area contributed by atoms with Gasteiger partial charge in [-0.3, -0.25) is 14.5 Å². The van der Waals surface area contributed by atoms with Gasteiger partial charge in [-0.1, -0.05) is 24.3 Å². The fourth-order valence-electron chi connectivity index (χ4n) is 4.36. The molecule has 1 aliphatic carbocycles. The van der Waals surface area contributed by atoms with E-state index in [0.717, 1.165) is 29.3 Å². The predicted molar refractivity (Wildman–Crippen MR) is 113 cm³/mol. The number of para-hydroxylation sites is 1. The summed E-state index contributed by atoms with van der Waals surface area (Å²) in [4.78, 5) is 41.3. The molecule has 0 atom stereocenters. The zero-order chi connectivity index (χ0) is 20.7. The number of aromatic nitrogens is 1. The zero-order valence-corrected chi connectivity index (χ0v) is 16.5. The molecular weight excluding hydrogens is 380 g/mol. The van der Waals surface area contributed by atoms with Crippen LogP contribution in [-0.4, -0.2) is 34.3 Å². The van der Waals surface area contributed by atoms with Gasteiger partial charge in [-0.15, -0.1) is 0 Å². The Kier molecular flexibility index (Phi) is 4.50. The third-order valence-corrected chi connectivity index (χ3v) is 5.84. The Morgan fingerprint density at radius 1 is 1.07 bits per heavy atom. The third-order valence-electron chi connectivity index (χ3n) is 5.84. The molecule has 2 aromatic carbocycles. The van der Waals surface area contributed by atoms with Crippen LogP contribution in [0.3, 0.4) is 0 Å². The first-order chi connectivity index (χ1) is 14.6. The van der Waals surface area contributed by atoms with Gasteiger partial charge in [0.2, 0.25) is 5.91 Å². The van der Waals surface area contributed by atoms with Gasteiger partial charge in [-0.25, -0.2) is 4.79 Å². The van der Waals surface area contributed by atoms with Crippen molar-refractivity contribution >= 4 is 34.4 Å². The van der Waals surface area contributed by atoms with Crippen LogP contribution in [0.25, 0.3) is 10.9 Å². The monoisotopic (exact) mass is 402 g/mol. The first-order valence-corrected chi connectivity index (χ1v) is 10.2. The number of rotatable bonds is 4. The lowest BCUT2D eigenvalue weighted by Gasteiger charge is -2.13. The van der Waals surface area contributed by atoms with Crippen molar-refractivity contribution in [2.75, 3.05) is 11.9 Å². The normalized spacial score (nSPS) is 15.9. The molecule has 1 aromatic heterocycles. The van der Waals surface area contributed by atoms with Crippen molar-refractivity contribution in [2.24, 2.45) is 0 Å². The number of carbonyl (C=O) groups excluding carboxylic acids is 3. The maximum absolute atomic E-state index is 13.0. The van der Waals surface area contributed by atoms with Gasteiger partial charge < -0.3 is 15.6 Å². The molecule has 0 radical (unpaired) electrons. The van der Waals surface area contributed by atoms with Crippen LogP contribution in [0.2, 0.25) is 0 Å². The van der Waals surface area contributed by atoms with E-state index in [1.807, 2.05) is 18.2 Å². The average Bonchev–Trinajstić information content (AvgIpc) is 3.29. The molecule has 0 saturated carbocycles. The second kappa shape index (κ2) is 7.33. The summed E-state index contributed by atoms with van der Waals surface area (Å²) in [6.07, 6.45) is 4.42. The van der Waals surface area contributed by atoms with E-state index in [2.05, 4.69) is 21.7 Å². The number of hydrogen-bond donors (Lipinski definition) is 3. The molecule has 0 spiro atoms. The highest BCUT2D eigenvalue weighted by molar-refractivity contribution is 6.12. The Labute approximate surface area is 173 Å². The highest BCUT2D eigenvalue weighted by Gasteiger charge is 2.28. The van der Waals surface area contributed by atoms with E-state index in [-0.39, 0.29) is 24.9 Å². The van der Waals surface area contributed by atoms with Gasteiger partial charge in [0.05, 0.1) is 24.2 Å². The van der Waals surface area contributed by atoms with Crippen LogP contribution < -0.4 is 10.6 Å². The molecule has 7 heteroatoms. The number of aromatic amines is 1. The second-order valence-electron chi connectivity index (χ2n) is 7.81. The van der Waals surface area contributed by atoms with Crippen LogP contribution in [0.4, 0.5) is 10.5 Å². The first-order valence-electron chi connectivity index (χ1n) is 10.2. The van der Waals surface area contributed by atoms with Crippen LogP contribution in [0.15, 0.2) is 42.5 Å². The molecular formula is C23H22N4O3. The maximum Gasteiger partial charge on any atom is 0.324 e. The minimum Gasteiger partial charge on any atom is -0.358 e. The summed E-state index contributed by atoms with van der Waals surface area (Å²) in [6, 6.07) is 12.7. The molecule has 1 fully saturated rings. The minimum atomic E-state index is -0.392. The van der Waals surface area contributed by atoms with E-state index in [9.17, 15) is 14.4 Å². The Balaban J connectivity index is 1.39. The highest BCUT2D eigenvalue weighted by atomic mass is 16.2. The molecule has 0 unspecified atom stereocenters. The van der Waals surface area contributed by atoms with Crippen molar-refractivity contribution in [2.45, 2.75) is 32.2 Å². The molecule has 0 bridgehead atoms. The fraction of sp³-hybridized carbons (Fsp3) is 0.261. The number of aryl methyl sites for hydroxylation is 2. The van der Waals surface area contributed by atoms with Crippen LogP contribution in [-0.2, 0) is 24.2 Å². The van der Waals surface area contributed by atoms with Crippen molar-refractivity contribution < 1.29 is 14.4 Å². The van der Waals surface area contributed by atoms with Crippen molar-refractivity contribution in [3.8, 4) is 0 Å². The SMILES string of the molecule is O=C(Nc1cccc(CN2C(=O)CNC2=O)c1)c1cccc2c3c([nH]c12)CCCC3. The summed E-state index contributed by atoms with van der Waals surface area (Å²) in [5.74, 6) is -0.442. The van der Waals surface area contributed by atoms with E-state index < -0.39 is 6.03 Å². The number of fused-ring (bicyclic) bond motifs is 3. The standard InChI is InChI=1S/C23H22N4O3/c28-20-12-24-23(30)27(20)13-14-5-3-6-15(11-14)25-22(29)18-9-4-8-17-16-7-1-2-10-19(16)26-21(17)18/h3-6,8-9,11,26H,1-2,7,10,12-13H2,(H,24,30)(H,25,29). The molecule has 152 valence electrons. The van der Waals surface area contributed by atoms with Crippen LogP contribution >= 0.6 is 0 Å². The molecule has 3 N–H and O–H groups in total. The van der Waals surface area contributed by atoms with Gasteiger partial charge in [-0.2, -0.15) is 0 Å². The van der Waals surface area contributed by atoms with Gasteiger partial charge in [0, 0.05) is 16.8 Å². The van der Waals surface area contributed by atoms with E-state index >= 15 is 0 Å². The van der Waals surface area contributed by atoms with E-state index in [0.29, 0.717) is 11.3 Å². The average molecular weight is 402 g/mol. The second-order valence-corrected chi connectivity index (χ2v) is 7.81. The number of hydrogen-bond acceptors (Lipinski definition) is 3. The lowest BCUT2D eigenvalue weighted by atomic mass is 9.95. The number of imide groups is 1. The maximum atomic E-state index is 13.0. The topological polar surface area (TPSA) is 94.3 Å². The summed E-state index contributed by atoms with van der Waals surface area (Å²) in [5, 5.41) is 6.59. The van der Waals surface area contributed by atoms with Crippen LogP contribution in [0.1, 0.15) is 40.0 Å². The minimum absolute atomic E-state index is 0.0272. The van der Waals surface area contributed by atoms with Crippen molar-refractivity contribution in [1.82, 2.24) is 15.2 Å². The lowest BCUT2D eigenvalue weighted by molar-refractivity contribution is -0.125. The summed E-state index contributed by atoms with van der Waals surface area (Å²) < 4.78 is 0. The van der Waals surface area contributed by atoms with Crippen LogP contribution in [0, 0.1) is 0 Å². The van der Waals surface area contributed by atoms with Gasteiger partial charge in [0.25, 0.3) is 5.91 Å². The van der Waals surface area contributed by atoms with E-state index in [1.54, 1.807) is 18.2 Å². The first kappa shape index (κ1) is 18.4. The fourth-order valence-corrected chi connectivity index (χ4v) is 4.36. The molecule has 1 aliphatic heterocycles. The summed E-state index contributed by atoms with van der Waals surface area (Å²) >= 11 is 0. The number of nitrogens with one attached hydrogen (secondary N) is 3. The van der Waals surface area contributed by atoms with E-state index in [4.69, 9.17) is 0 Å². The molecule has 2 heterocycles. The molecule has 5 rings (SSSR count). The lowest BCUT2D eigenvalue weighted by Crippen LogP contribution is -2.30. The van der Waals surface area contributed by atoms with E-state index in [1.165, 1.54) is 29.0 Å². The van der Waals surface area contributed by atoms with Crippen LogP contribution in [0.5, 0.6) is 0 Å². The number of benzene rings is 2. The Morgan fingerprint density at radius 3 is 2.73 bits per heavy atom. The number of amides is 4. The Hall–Kier alpha value is -3.61. The Morgan fingerprint density at radius 2 is 1.90 bits per heavy atom. The number of urea groups is 1. The van der Waals surface area contributed by atoms with Gasteiger partial charge in [0.15, 0.2) is 0 Å². The number of anilines is 1. The smallest absolute Gasteiger partial charge is 0.324 e. The summed E-state index contributed by atoms with van der Waals surface area (Å²) in [5.41, 5.74) is 5.47. The molecule has 4 amide bonds. The largest absolute Gasteiger partial charge is 0.358 e. The van der Waals surface area contributed by atoms with Crippen molar-refractivity contribution in [3.05, 3.63) is 64.8 Å². The highest BCUT2D eigenvalue weighted by Crippen LogP contribution is 2.31.